The van der Waals surface area contributed by atoms with Crippen molar-refractivity contribution in [2.45, 2.75) is 0 Å². The van der Waals surface area contributed by atoms with Crippen molar-refractivity contribution in [3.05, 3.63) is 0 Å². The van der Waals surface area contributed by atoms with Gasteiger partial charge >= 0.3 is 54.5 Å². The molecule has 0 bridgehead atoms. The maximum atomic E-state index is 9.68. The van der Waals surface area contributed by atoms with Crippen LogP contribution in [0.1, 0.15) is 0 Å². The second kappa shape index (κ2) is 2.05. The van der Waals surface area contributed by atoms with Crippen molar-refractivity contribution < 1.29 is 14.0 Å². The molecule has 5 heteroatoms. The van der Waals surface area contributed by atoms with Crippen LogP contribution in [0.4, 0.5) is 0 Å². The molecule has 0 aromatic heterocycles. The quantitative estimate of drug-likeness (QED) is 0.628. The Kier molecular flexibility index (Phi) is 2.70. The van der Waals surface area contributed by atoms with Crippen LogP contribution in [-0.4, -0.2) is 0 Å². The van der Waals surface area contributed by atoms with Crippen LogP contribution >= 0.6 is 40.5 Å². The first-order chi connectivity index (χ1) is 2.00. The molecule has 0 aromatic carbocycles. The van der Waals surface area contributed by atoms with E-state index in [1.54, 1.807) is 0 Å². The summed E-state index contributed by atoms with van der Waals surface area (Å²) < 4.78 is 19.4. The van der Waals surface area contributed by atoms with Crippen LogP contribution in [-0.2, 0) is 14.0 Å². The summed E-state index contributed by atoms with van der Waals surface area (Å²) in [5.74, 6) is 0. The Hall–Kier alpha value is 1.59. The Morgan fingerprint density at radius 3 is 1.20 bits per heavy atom. The van der Waals surface area contributed by atoms with E-state index >= 15 is 0 Å². The Labute approximate surface area is 53.8 Å². The van der Waals surface area contributed by atoms with Gasteiger partial charge in [-0.05, 0) is 0 Å². The van der Waals surface area contributed by atoms with Crippen molar-refractivity contribution in [3.63, 3.8) is 0 Å². The number of hydrogen-bond donors (Lipinski definition) is 0. The third-order valence-electron chi connectivity index (χ3n) is 0. The van der Waals surface area contributed by atoms with Crippen LogP contribution in [0.15, 0.2) is 0 Å². The predicted octanol–water partition coefficient (Wildman–Crippen LogP) is 1.53. The molecule has 5 heavy (non-hydrogen) atoms. The van der Waals surface area contributed by atoms with Gasteiger partial charge in [0.15, 0.2) is 0 Å². The molecule has 0 unspecified atom stereocenters. The van der Waals surface area contributed by atoms with Crippen LogP contribution in [0.3, 0.4) is 0 Å². The number of rotatable bonds is 0. The van der Waals surface area contributed by atoms with Gasteiger partial charge < -0.3 is 0 Å². The van der Waals surface area contributed by atoms with Crippen LogP contribution in [0.5, 0.6) is 0 Å². The zero-order valence-corrected chi connectivity index (χ0v) is 7.57. The van der Waals surface area contributed by atoms with Crippen LogP contribution in [0.2, 0.25) is 0 Å². The van der Waals surface area contributed by atoms with E-state index in [0.29, 0.717) is 0 Å². The molecule has 0 aliphatic heterocycles. The average Bonchev–Trinajstić information content (AvgIpc) is 0.722. The Balaban J connectivity index is 4.06. The molecule has 0 saturated heterocycles. The summed E-state index contributed by atoms with van der Waals surface area (Å²) in [5.41, 5.74) is 0. The molecule has 32 valence electrons. The van der Waals surface area contributed by atoms with Gasteiger partial charge in [-0.25, -0.2) is 0 Å². The molecule has 0 rings (SSSR count). The summed E-state index contributed by atoms with van der Waals surface area (Å²) in [6.07, 6.45) is -3.31. The molecular formula is CrI2O2. The van der Waals surface area contributed by atoms with Gasteiger partial charge in [0.2, 0.25) is 0 Å². The Bertz CT molecular complexity index is 90.8. The Morgan fingerprint density at radius 2 is 1.20 bits per heavy atom. The molecule has 0 aliphatic carbocycles. The zero-order chi connectivity index (χ0) is 4.50. The van der Waals surface area contributed by atoms with Gasteiger partial charge in [-0.15, -0.1) is 0 Å². The van der Waals surface area contributed by atoms with Crippen molar-refractivity contribution in [3.8, 4) is 0 Å². The monoisotopic (exact) mass is 338 g/mol. The number of hydrogen-bond acceptors (Lipinski definition) is 2. The fourth-order valence-electron chi connectivity index (χ4n) is 0. The summed E-state index contributed by atoms with van der Waals surface area (Å²) in [7, 11) is 0. The van der Waals surface area contributed by atoms with Crippen molar-refractivity contribution in [2.75, 3.05) is 0 Å². The van der Waals surface area contributed by atoms with Crippen LogP contribution in [0.25, 0.3) is 0 Å². The van der Waals surface area contributed by atoms with E-state index in [1.165, 1.54) is 40.5 Å². The molecule has 0 spiro atoms. The van der Waals surface area contributed by atoms with Crippen molar-refractivity contribution in [1.82, 2.24) is 0 Å². The first kappa shape index (κ1) is 6.59. The molecular weight excluding hydrogens is 338 g/mol. The summed E-state index contributed by atoms with van der Waals surface area (Å²) in [5, 5.41) is 0. The molecule has 0 amide bonds. The molecule has 0 saturated carbocycles. The minimum atomic E-state index is -3.31. The summed E-state index contributed by atoms with van der Waals surface area (Å²) in [6.45, 7) is 0. The van der Waals surface area contributed by atoms with E-state index < -0.39 is 6.38 Å². The third-order valence-corrected chi connectivity index (χ3v) is 0. The van der Waals surface area contributed by atoms with Gasteiger partial charge in [-0.2, -0.15) is 0 Å². The van der Waals surface area contributed by atoms with E-state index in [-0.39, 0.29) is 0 Å². The molecule has 0 radical (unpaired) electrons. The van der Waals surface area contributed by atoms with Crippen LogP contribution in [0, 0.1) is 0 Å². The topological polar surface area (TPSA) is 34.1 Å². The summed E-state index contributed by atoms with van der Waals surface area (Å²) >= 11 is 2.82. The van der Waals surface area contributed by atoms with Gasteiger partial charge in [-0.3, -0.25) is 0 Å². The van der Waals surface area contributed by atoms with E-state index in [0.717, 1.165) is 0 Å². The predicted molar refractivity (Wildman–Crippen MR) is 29.4 cm³/mol. The van der Waals surface area contributed by atoms with Gasteiger partial charge in [-0.1, -0.05) is 0 Å². The van der Waals surface area contributed by atoms with E-state index in [2.05, 4.69) is 0 Å². The van der Waals surface area contributed by atoms with Crippen LogP contribution < -0.4 is 0 Å². The minimum absolute atomic E-state index is 1.41. The maximum absolute atomic E-state index is 9.68. The van der Waals surface area contributed by atoms with Gasteiger partial charge in [0.1, 0.15) is 0 Å². The van der Waals surface area contributed by atoms with Gasteiger partial charge in [0, 0.05) is 0 Å². The summed E-state index contributed by atoms with van der Waals surface area (Å²) in [6, 6.07) is 0. The van der Waals surface area contributed by atoms with Crippen molar-refractivity contribution in [2.24, 2.45) is 0 Å². The van der Waals surface area contributed by atoms with E-state index in [9.17, 15) is 7.61 Å². The molecule has 0 aliphatic rings. The second-order valence-electron chi connectivity index (χ2n) is 0.378. The fraction of sp³-hybridized carbons (Fsp3) is 0. The van der Waals surface area contributed by atoms with Gasteiger partial charge in [0.05, 0.1) is 0 Å². The van der Waals surface area contributed by atoms with Gasteiger partial charge in [0.25, 0.3) is 0 Å². The van der Waals surface area contributed by atoms with E-state index in [4.69, 9.17) is 0 Å². The molecule has 0 atom stereocenters. The standard InChI is InChI=1S/Cr.2HI.2O/h;2*1H;;/q+2;;;;/p-2. The first-order valence-electron chi connectivity index (χ1n) is 0.642. The third kappa shape index (κ3) is 28.5. The zero-order valence-electron chi connectivity index (χ0n) is 1.98. The second-order valence-corrected chi connectivity index (χ2v) is 18.1. The fourth-order valence-corrected chi connectivity index (χ4v) is 0. The molecule has 0 fully saturated rings. The molecule has 0 aromatic rings. The SMILES string of the molecule is [O]=[Cr](=[O])([I])[I]. The average molecular weight is 338 g/mol. The molecule has 2 nitrogen and oxygen atoms in total. The molecule has 0 heterocycles. The Morgan fingerprint density at radius 1 is 1.20 bits per heavy atom. The summed E-state index contributed by atoms with van der Waals surface area (Å²) in [4.78, 5) is 0. The number of halogens is 2. The molecule has 0 N–H and O–H groups in total. The van der Waals surface area contributed by atoms with Crippen molar-refractivity contribution >= 4 is 40.5 Å². The first-order valence-corrected chi connectivity index (χ1v) is 9.91. The van der Waals surface area contributed by atoms with Crippen molar-refractivity contribution in [1.29, 1.82) is 0 Å². The normalized spacial score (nSPS) is 11.6. The van der Waals surface area contributed by atoms with E-state index in [1.807, 2.05) is 0 Å².